The minimum Gasteiger partial charge on any atom is -0.454 e. The van der Waals surface area contributed by atoms with Crippen molar-refractivity contribution in [2.45, 2.75) is 13.5 Å². The van der Waals surface area contributed by atoms with Crippen LogP contribution in [0.3, 0.4) is 0 Å². The van der Waals surface area contributed by atoms with Crippen molar-refractivity contribution in [2.75, 3.05) is 5.32 Å². The van der Waals surface area contributed by atoms with E-state index in [4.69, 9.17) is 4.42 Å². The molecule has 4 heteroatoms. The van der Waals surface area contributed by atoms with Crippen molar-refractivity contribution in [1.29, 1.82) is 0 Å². The van der Waals surface area contributed by atoms with Gasteiger partial charge in [-0.25, -0.2) is 0 Å². The Kier molecular flexibility index (Phi) is 3.91. The maximum Gasteiger partial charge on any atom is 0.164 e. The minimum absolute atomic E-state index is 0.699. The van der Waals surface area contributed by atoms with Gasteiger partial charge in [-0.1, -0.05) is 12.1 Å². The molecule has 1 heterocycles. The first-order valence-corrected chi connectivity index (χ1v) is 6.77. The van der Waals surface area contributed by atoms with Crippen molar-refractivity contribution in [3.05, 3.63) is 49.9 Å². The summed E-state index contributed by atoms with van der Waals surface area (Å²) >= 11 is 5.73. The summed E-state index contributed by atoms with van der Waals surface area (Å²) in [4.78, 5) is 0. The van der Waals surface area contributed by atoms with Gasteiger partial charge in [0.1, 0.15) is 5.76 Å². The first-order valence-electron chi connectivity index (χ1n) is 4.90. The van der Waals surface area contributed by atoms with Crippen molar-refractivity contribution in [2.24, 2.45) is 0 Å². The first kappa shape index (κ1) is 12.0. The maximum absolute atomic E-state index is 5.48. The third-order valence-corrected chi connectivity index (χ3v) is 3.91. The standard InChI is InChI=1S/C12H11BrINO/c1-8-3-2-4-10(12(8)13)15-7-9-5-6-11(14)16-9/h2-6,15H,7H2,1H3. The SMILES string of the molecule is Cc1cccc(NCc2ccc(I)o2)c1Br. The van der Waals surface area contributed by atoms with Crippen LogP contribution in [0.4, 0.5) is 5.69 Å². The number of hydrogen-bond acceptors (Lipinski definition) is 2. The van der Waals surface area contributed by atoms with Crippen LogP contribution < -0.4 is 5.32 Å². The fourth-order valence-electron chi connectivity index (χ4n) is 1.41. The molecule has 0 aliphatic rings. The van der Waals surface area contributed by atoms with E-state index in [0.29, 0.717) is 6.54 Å². The van der Waals surface area contributed by atoms with E-state index in [9.17, 15) is 0 Å². The molecule has 2 nitrogen and oxygen atoms in total. The van der Waals surface area contributed by atoms with Gasteiger partial charge in [0.05, 0.1) is 6.54 Å². The van der Waals surface area contributed by atoms with Crippen molar-refractivity contribution < 1.29 is 4.42 Å². The van der Waals surface area contributed by atoms with E-state index in [1.165, 1.54) is 5.56 Å². The van der Waals surface area contributed by atoms with Gasteiger partial charge in [0.15, 0.2) is 3.77 Å². The average Bonchev–Trinajstić information content (AvgIpc) is 2.67. The topological polar surface area (TPSA) is 25.2 Å². The number of halogens is 2. The van der Waals surface area contributed by atoms with Crippen molar-refractivity contribution in [1.82, 2.24) is 0 Å². The molecule has 0 atom stereocenters. The molecule has 0 unspecified atom stereocenters. The molecule has 0 aliphatic carbocycles. The molecule has 0 radical (unpaired) electrons. The second-order valence-corrected chi connectivity index (χ2v) is 5.35. The average molecular weight is 392 g/mol. The van der Waals surface area contributed by atoms with E-state index < -0.39 is 0 Å². The minimum atomic E-state index is 0.699. The van der Waals surface area contributed by atoms with Gasteiger partial charge in [0.25, 0.3) is 0 Å². The summed E-state index contributed by atoms with van der Waals surface area (Å²) in [7, 11) is 0. The zero-order chi connectivity index (χ0) is 11.5. The van der Waals surface area contributed by atoms with Gasteiger partial charge in [-0.2, -0.15) is 0 Å². The first-order chi connectivity index (χ1) is 7.66. The fourth-order valence-corrected chi connectivity index (χ4v) is 2.28. The highest BCUT2D eigenvalue weighted by Crippen LogP contribution is 2.26. The van der Waals surface area contributed by atoms with Crippen LogP contribution in [0.2, 0.25) is 0 Å². The highest BCUT2D eigenvalue weighted by molar-refractivity contribution is 14.1. The zero-order valence-corrected chi connectivity index (χ0v) is 12.5. The van der Waals surface area contributed by atoms with Crippen molar-refractivity contribution in [3.63, 3.8) is 0 Å². The molecule has 16 heavy (non-hydrogen) atoms. The van der Waals surface area contributed by atoms with Gasteiger partial charge in [0, 0.05) is 10.2 Å². The zero-order valence-electron chi connectivity index (χ0n) is 8.76. The molecule has 2 rings (SSSR count). The summed E-state index contributed by atoms with van der Waals surface area (Å²) in [6, 6.07) is 10.1. The molecule has 84 valence electrons. The Morgan fingerprint density at radius 2 is 2.12 bits per heavy atom. The summed E-state index contributed by atoms with van der Waals surface area (Å²) in [6.45, 7) is 2.77. The Balaban J connectivity index is 2.07. The monoisotopic (exact) mass is 391 g/mol. The molecule has 1 aromatic heterocycles. The lowest BCUT2D eigenvalue weighted by Crippen LogP contribution is -1.99. The third kappa shape index (κ3) is 2.79. The second kappa shape index (κ2) is 5.23. The van der Waals surface area contributed by atoms with Crippen LogP contribution in [0, 0.1) is 10.7 Å². The molecule has 1 N–H and O–H groups in total. The molecular formula is C12H11BrINO. The Morgan fingerprint density at radius 3 is 2.81 bits per heavy atom. The van der Waals surface area contributed by atoms with Gasteiger partial charge in [-0.15, -0.1) is 0 Å². The lowest BCUT2D eigenvalue weighted by atomic mass is 10.2. The van der Waals surface area contributed by atoms with E-state index in [0.717, 1.165) is 19.7 Å². The smallest absolute Gasteiger partial charge is 0.164 e. The van der Waals surface area contributed by atoms with Gasteiger partial charge in [-0.05, 0) is 69.2 Å². The quantitative estimate of drug-likeness (QED) is 0.775. The van der Waals surface area contributed by atoms with Crippen LogP contribution in [-0.4, -0.2) is 0 Å². The molecule has 2 aromatic rings. The summed E-state index contributed by atoms with van der Waals surface area (Å²) in [6.07, 6.45) is 0. The van der Waals surface area contributed by atoms with Crippen LogP contribution in [0.1, 0.15) is 11.3 Å². The highest BCUT2D eigenvalue weighted by atomic mass is 127. The van der Waals surface area contributed by atoms with Gasteiger partial charge >= 0.3 is 0 Å². The predicted molar refractivity (Wildman–Crippen MR) is 77.6 cm³/mol. The molecule has 0 spiro atoms. The van der Waals surface area contributed by atoms with Gasteiger partial charge in [-0.3, -0.25) is 0 Å². The predicted octanol–water partition coefficient (Wildman–Crippen LogP) is 4.57. The lowest BCUT2D eigenvalue weighted by Gasteiger charge is -2.08. The number of nitrogens with one attached hydrogen (secondary N) is 1. The molecular weight excluding hydrogens is 381 g/mol. The second-order valence-electron chi connectivity index (χ2n) is 3.50. The van der Waals surface area contributed by atoms with E-state index in [-0.39, 0.29) is 0 Å². The van der Waals surface area contributed by atoms with Gasteiger partial charge in [0.2, 0.25) is 0 Å². The van der Waals surface area contributed by atoms with Gasteiger partial charge < -0.3 is 9.73 Å². The summed E-state index contributed by atoms with van der Waals surface area (Å²) in [5.41, 5.74) is 2.31. The Hall–Kier alpha value is -0.490. The lowest BCUT2D eigenvalue weighted by molar-refractivity contribution is 0.493. The van der Waals surface area contributed by atoms with Crippen LogP contribution in [0.15, 0.2) is 39.2 Å². The maximum atomic E-state index is 5.48. The number of anilines is 1. The number of aryl methyl sites for hydroxylation is 1. The van der Waals surface area contributed by atoms with Crippen LogP contribution in [-0.2, 0) is 6.54 Å². The molecule has 0 amide bonds. The fraction of sp³-hybridized carbons (Fsp3) is 0.167. The molecule has 0 bridgehead atoms. The molecule has 0 fully saturated rings. The molecule has 0 saturated heterocycles. The Bertz CT molecular complexity index is 496. The van der Waals surface area contributed by atoms with Crippen molar-refractivity contribution >= 4 is 44.2 Å². The molecule has 1 aromatic carbocycles. The van der Waals surface area contributed by atoms with Crippen LogP contribution in [0.25, 0.3) is 0 Å². The number of furan rings is 1. The molecule has 0 saturated carbocycles. The Morgan fingerprint density at radius 1 is 1.31 bits per heavy atom. The van der Waals surface area contributed by atoms with E-state index in [1.54, 1.807) is 0 Å². The molecule has 0 aliphatic heterocycles. The van der Waals surface area contributed by atoms with E-state index in [2.05, 4.69) is 56.8 Å². The van der Waals surface area contributed by atoms with Crippen LogP contribution >= 0.6 is 38.5 Å². The third-order valence-electron chi connectivity index (χ3n) is 2.27. The number of hydrogen-bond donors (Lipinski definition) is 1. The van der Waals surface area contributed by atoms with E-state index in [1.807, 2.05) is 24.3 Å². The summed E-state index contributed by atoms with van der Waals surface area (Å²) in [5, 5.41) is 3.34. The number of benzene rings is 1. The Labute approximate surface area is 117 Å². The highest BCUT2D eigenvalue weighted by Gasteiger charge is 2.03. The van der Waals surface area contributed by atoms with Crippen molar-refractivity contribution in [3.8, 4) is 0 Å². The normalized spacial score (nSPS) is 10.4. The largest absolute Gasteiger partial charge is 0.454 e. The van der Waals surface area contributed by atoms with Crippen LogP contribution in [0.5, 0.6) is 0 Å². The summed E-state index contributed by atoms with van der Waals surface area (Å²) in [5.74, 6) is 0.942. The number of rotatable bonds is 3. The summed E-state index contributed by atoms with van der Waals surface area (Å²) < 4.78 is 7.51. The van der Waals surface area contributed by atoms with E-state index >= 15 is 0 Å².